The van der Waals surface area contributed by atoms with E-state index in [0.29, 0.717) is 18.5 Å². The zero-order valence-electron chi connectivity index (χ0n) is 11.5. The van der Waals surface area contributed by atoms with Crippen LogP contribution >= 0.6 is 11.6 Å². The molecular formula is C14H12ClF3N2O2. The molecule has 0 atom stereocenters. The van der Waals surface area contributed by atoms with Gasteiger partial charge < -0.3 is 5.11 Å². The highest BCUT2D eigenvalue weighted by molar-refractivity contribution is 6.34. The molecule has 8 heteroatoms. The van der Waals surface area contributed by atoms with Crippen LogP contribution in [0, 0.1) is 0 Å². The van der Waals surface area contributed by atoms with Gasteiger partial charge in [-0.25, -0.2) is 9.48 Å². The maximum atomic E-state index is 12.6. The number of benzene rings is 1. The molecule has 0 fully saturated rings. The van der Waals surface area contributed by atoms with Gasteiger partial charge in [0.05, 0.1) is 22.0 Å². The van der Waals surface area contributed by atoms with Gasteiger partial charge in [0.1, 0.15) is 0 Å². The van der Waals surface area contributed by atoms with Gasteiger partial charge in [-0.3, -0.25) is 0 Å². The summed E-state index contributed by atoms with van der Waals surface area (Å²) in [6.07, 6.45) is -3.27. The molecule has 2 aromatic rings. The minimum atomic E-state index is -4.46. The van der Waals surface area contributed by atoms with E-state index in [2.05, 4.69) is 5.10 Å². The van der Waals surface area contributed by atoms with Crippen LogP contribution in [0.3, 0.4) is 0 Å². The van der Waals surface area contributed by atoms with Crippen molar-refractivity contribution >= 4 is 17.6 Å². The second kappa shape index (κ2) is 6.00. The number of carbonyl (C=O) groups is 1. The van der Waals surface area contributed by atoms with E-state index < -0.39 is 17.7 Å². The summed E-state index contributed by atoms with van der Waals surface area (Å²) in [6, 6.07) is 4.06. The van der Waals surface area contributed by atoms with E-state index in [0.717, 1.165) is 28.9 Å². The van der Waals surface area contributed by atoms with E-state index >= 15 is 0 Å². The largest absolute Gasteiger partial charge is 0.476 e. The Balaban J connectivity index is 2.52. The molecule has 1 N–H and O–H groups in total. The average molecular weight is 333 g/mol. The third kappa shape index (κ3) is 3.09. The molecule has 1 aromatic carbocycles. The van der Waals surface area contributed by atoms with Crippen molar-refractivity contribution in [3.8, 4) is 5.69 Å². The summed E-state index contributed by atoms with van der Waals surface area (Å²) in [4.78, 5) is 11.3. The maximum Gasteiger partial charge on any atom is 0.416 e. The number of rotatable bonds is 4. The highest BCUT2D eigenvalue weighted by Gasteiger charge is 2.30. The standard InChI is InChI=1S/C14H12ClF3N2O2/c1-2-3-10-11(15)12(13(21)22)20(19-10)9-6-4-8(5-7-9)14(16,17)18/h4-7H,2-3H2,1H3,(H,21,22). The molecule has 2 rings (SSSR count). The van der Waals surface area contributed by atoms with Gasteiger partial charge in [0.2, 0.25) is 0 Å². The summed E-state index contributed by atoms with van der Waals surface area (Å²) in [6.45, 7) is 1.88. The summed E-state index contributed by atoms with van der Waals surface area (Å²) in [5.74, 6) is -1.29. The molecule has 0 aliphatic heterocycles. The lowest BCUT2D eigenvalue weighted by Gasteiger charge is -2.08. The molecule has 0 unspecified atom stereocenters. The van der Waals surface area contributed by atoms with Gasteiger partial charge in [-0.05, 0) is 30.7 Å². The summed E-state index contributed by atoms with van der Waals surface area (Å²) in [5.41, 5.74) is -0.471. The van der Waals surface area contributed by atoms with E-state index in [1.54, 1.807) is 0 Å². The molecule has 0 aliphatic carbocycles. The molecule has 1 aromatic heterocycles. The first-order valence-electron chi connectivity index (χ1n) is 6.44. The van der Waals surface area contributed by atoms with Crippen LogP contribution in [0.2, 0.25) is 5.02 Å². The van der Waals surface area contributed by atoms with Crippen LogP contribution in [0.1, 0.15) is 35.1 Å². The Bertz CT molecular complexity index is 693. The van der Waals surface area contributed by atoms with E-state index in [1.165, 1.54) is 0 Å². The van der Waals surface area contributed by atoms with Gasteiger partial charge in [0.15, 0.2) is 5.69 Å². The van der Waals surface area contributed by atoms with Crippen molar-refractivity contribution in [2.75, 3.05) is 0 Å². The van der Waals surface area contributed by atoms with E-state index in [1.807, 2.05) is 6.92 Å². The van der Waals surface area contributed by atoms with Gasteiger partial charge >= 0.3 is 12.1 Å². The maximum absolute atomic E-state index is 12.6. The lowest BCUT2D eigenvalue weighted by molar-refractivity contribution is -0.137. The summed E-state index contributed by atoms with van der Waals surface area (Å²) in [7, 11) is 0. The number of halogens is 4. The number of hydrogen-bond donors (Lipinski definition) is 1. The quantitative estimate of drug-likeness (QED) is 0.913. The number of carboxylic acids is 1. The third-order valence-electron chi connectivity index (χ3n) is 3.02. The Morgan fingerprint density at radius 1 is 1.32 bits per heavy atom. The minimum Gasteiger partial charge on any atom is -0.476 e. The van der Waals surface area contributed by atoms with Crippen LogP contribution in [-0.4, -0.2) is 20.9 Å². The highest BCUT2D eigenvalue weighted by Crippen LogP contribution is 2.30. The monoisotopic (exact) mass is 332 g/mol. The van der Waals surface area contributed by atoms with Crippen molar-refractivity contribution in [2.24, 2.45) is 0 Å². The first kappa shape index (κ1) is 16.4. The van der Waals surface area contributed by atoms with Crippen molar-refractivity contribution in [3.63, 3.8) is 0 Å². The molecule has 0 radical (unpaired) electrons. The number of aryl methyl sites for hydroxylation is 1. The predicted octanol–water partition coefficient (Wildman–Crippen LogP) is 4.20. The van der Waals surface area contributed by atoms with Crippen LogP contribution in [0.25, 0.3) is 5.69 Å². The molecule has 0 saturated carbocycles. The van der Waals surface area contributed by atoms with Crippen molar-refractivity contribution < 1.29 is 23.1 Å². The summed E-state index contributed by atoms with van der Waals surface area (Å²) in [5, 5.41) is 13.4. The number of alkyl halides is 3. The molecule has 118 valence electrons. The first-order valence-corrected chi connectivity index (χ1v) is 6.81. The predicted molar refractivity (Wildman–Crippen MR) is 74.5 cm³/mol. The molecule has 0 bridgehead atoms. The van der Waals surface area contributed by atoms with Crippen LogP contribution in [-0.2, 0) is 12.6 Å². The van der Waals surface area contributed by atoms with Gasteiger partial charge in [-0.1, -0.05) is 24.9 Å². The lowest BCUT2D eigenvalue weighted by Crippen LogP contribution is -2.09. The molecule has 4 nitrogen and oxygen atoms in total. The fourth-order valence-electron chi connectivity index (χ4n) is 2.00. The fourth-order valence-corrected chi connectivity index (χ4v) is 2.30. The molecule has 0 aliphatic rings. The Morgan fingerprint density at radius 2 is 1.91 bits per heavy atom. The SMILES string of the molecule is CCCc1nn(-c2ccc(C(F)(F)F)cc2)c(C(=O)O)c1Cl. The van der Waals surface area contributed by atoms with Crippen LogP contribution in [0.15, 0.2) is 24.3 Å². The van der Waals surface area contributed by atoms with Crippen LogP contribution in [0.5, 0.6) is 0 Å². The fraction of sp³-hybridized carbons (Fsp3) is 0.286. The lowest BCUT2D eigenvalue weighted by atomic mass is 10.2. The minimum absolute atomic E-state index is 0.00856. The molecule has 0 amide bonds. The number of nitrogens with zero attached hydrogens (tertiary/aromatic N) is 2. The van der Waals surface area contributed by atoms with E-state index in [9.17, 15) is 23.1 Å². The van der Waals surface area contributed by atoms with Gasteiger partial charge in [0, 0.05) is 0 Å². The number of aromatic nitrogens is 2. The van der Waals surface area contributed by atoms with Gasteiger partial charge in [-0.15, -0.1) is 0 Å². The first-order chi connectivity index (χ1) is 10.3. The Labute approximate surface area is 129 Å². The zero-order chi connectivity index (χ0) is 16.5. The van der Waals surface area contributed by atoms with E-state index in [-0.39, 0.29) is 16.4 Å². The second-order valence-electron chi connectivity index (χ2n) is 4.62. The van der Waals surface area contributed by atoms with Crippen molar-refractivity contribution in [1.29, 1.82) is 0 Å². The molecule has 0 saturated heterocycles. The van der Waals surface area contributed by atoms with Crippen molar-refractivity contribution in [3.05, 3.63) is 46.2 Å². The Hall–Kier alpha value is -2.02. The topological polar surface area (TPSA) is 55.1 Å². The smallest absolute Gasteiger partial charge is 0.416 e. The normalized spacial score (nSPS) is 11.7. The molecule has 1 heterocycles. The van der Waals surface area contributed by atoms with E-state index in [4.69, 9.17) is 11.6 Å². The van der Waals surface area contributed by atoms with Crippen molar-refractivity contribution in [1.82, 2.24) is 9.78 Å². The van der Waals surface area contributed by atoms with Crippen LogP contribution < -0.4 is 0 Å². The molecule has 22 heavy (non-hydrogen) atoms. The van der Waals surface area contributed by atoms with Gasteiger partial charge in [-0.2, -0.15) is 18.3 Å². The van der Waals surface area contributed by atoms with Gasteiger partial charge in [0.25, 0.3) is 0 Å². The van der Waals surface area contributed by atoms with Crippen LogP contribution in [0.4, 0.5) is 13.2 Å². The summed E-state index contributed by atoms with van der Waals surface area (Å²) < 4.78 is 38.7. The third-order valence-corrected chi connectivity index (χ3v) is 3.42. The highest BCUT2D eigenvalue weighted by atomic mass is 35.5. The average Bonchev–Trinajstić information content (AvgIpc) is 2.76. The van der Waals surface area contributed by atoms with Crippen molar-refractivity contribution in [2.45, 2.75) is 25.9 Å². The number of aromatic carboxylic acids is 1. The number of carboxylic acid groups (broad SMARTS) is 1. The second-order valence-corrected chi connectivity index (χ2v) is 5.00. The number of hydrogen-bond acceptors (Lipinski definition) is 2. The summed E-state index contributed by atoms with van der Waals surface area (Å²) >= 11 is 6.01. The Kier molecular flexibility index (Phi) is 4.46. The molecular weight excluding hydrogens is 321 g/mol. The zero-order valence-corrected chi connectivity index (χ0v) is 12.2. The Morgan fingerprint density at radius 3 is 2.36 bits per heavy atom. The molecule has 0 spiro atoms.